The Morgan fingerprint density at radius 2 is 1.30 bits per heavy atom. The largest absolute Gasteiger partial charge is 0.481 e. The van der Waals surface area contributed by atoms with Crippen LogP contribution >= 0.6 is 0 Å². The summed E-state index contributed by atoms with van der Waals surface area (Å²) in [7, 11) is 0. The van der Waals surface area contributed by atoms with Crippen molar-refractivity contribution in [2.45, 2.75) is 37.4 Å². The number of carbonyl (C=O) groups is 4. The highest BCUT2D eigenvalue weighted by Crippen LogP contribution is 2.17. The topological polar surface area (TPSA) is 191 Å². The molecule has 12 heteroatoms. The molecule has 0 spiro atoms. The maximum absolute atomic E-state index is 12.1. The number of amides is 2. The molecule has 2 amide bonds. The summed E-state index contributed by atoms with van der Waals surface area (Å²) in [4.78, 5) is 54.2. The summed E-state index contributed by atoms with van der Waals surface area (Å²) < 4.78 is 0. The van der Waals surface area contributed by atoms with E-state index in [0.29, 0.717) is 11.4 Å². The third-order valence-corrected chi connectivity index (χ3v) is 4.60. The third kappa shape index (κ3) is 8.53. The number of hydrogen-bond donors (Lipinski definition) is 6. The van der Waals surface area contributed by atoms with Gasteiger partial charge in [-0.25, -0.2) is 14.4 Å². The zero-order valence-electron chi connectivity index (χ0n) is 17.5. The Hall–Kier alpha value is -4.06. The fraction of sp³-hybridized carbons (Fsp3) is 0.333. The molecule has 0 bridgehead atoms. The molecule has 2 rings (SSSR count). The van der Waals surface area contributed by atoms with E-state index in [0.717, 1.165) is 0 Å². The molecule has 0 fully saturated rings. The number of carboxylic acid groups (broad SMARTS) is 3. The third-order valence-electron chi connectivity index (χ3n) is 4.60. The zero-order chi connectivity index (χ0) is 24.2. The fourth-order valence-electron chi connectivity index (χ4n) is 2.97. The monoisotopic (exact) mass is 459 g/mol. The van der Waals surface area contributed by atoms with E-state index in [1.165, 1.54) is 0 Å². The van der Waals surface area contributed by atoms with Crippen LogP contribution in [-0.4, -0.2) is 67.9 Å². The molecule has 33 heavy (non-hydrogen) atoms. The summed E-state index contributed by atoms with van der Waals surface area (Å²) in [6.07, 6.45) is 2.43. The number of aliphatic carboxylic acids is 3. The second-order valence-electron chi connectivity index (χ2n) is 7.02. The van der Waals surface area contributed by atoms with Gasteiger partial charge in [-0.2, -0.15) is 0 Å². The maximum atomic E-state index is 12.1. The van der Waals surface area contributed by atoms with Gasteiger partial charge in [-0.1, -0.05) is 12.1 Å². The molecule has 2 aromatic rings. The van der Waals surface area contributed by atoms with E-state index in [1.807, 2.05) is 12.1 Å². The number of pyridine rings is 2. The zero-order valence-corrected chi connectivity index (χ0v) is 17.5. The molecule has 176 valence electrons. The number of nitrogens with zero attached hydrogens (tertiary/aromatic N) is 2. The summed E-state index contributed by atoms with van der Waals surface area (Å²) in [5, 5.41) is 34.7. The molecule has 6 N–H and O–H groups in total. The summed E-state index contributed by atoms with van der Waals surface area (Å²) >= 11 is 0. The number of carboxylic acids is 3. The van der Waals surface area contributed by atoms with Gasteiger partial charge in [0.25, 0.3) is 0 Å². The molecule has 0 aliphatic carbocycles. The molecule has 0 aliphatic heterocycles. The van der Waals surface area contributed by atoms with Crippen LogP contribution in [0.3, 0.4) is 0 Å². The minimum atomic E-state index is -1.47. The van der Waals surface area contributed by atoms with Crippen molar-refractivity contribution in [3.63, 3.8) is 0 Å². The molecule has 2 heterocycles. The molecule has 12 nitrogen and oxygen atoms in total. The van der Waals surface area contributed by atoms with E-state index >= 15 is 0 Å². The minimum absolute atomic E-state index is 0.0220. The van der Waals surface area contributed by atoms with Crippen LogP contribution in [0.15, 0.2) is 48.8 Å². The number of hydrogen-bond acceptors (Lipinski definition) is 7. The van der Waals surface area contributed by atoms with Gasteiger partial charge in [0.2, 0.25) is 0 Å². The van der Waals surface area contributed by atoms with Crippen molar-refractivity contribution in [2.24, 2.45) is 0 Å². The predicted octanol–water partition coefficient (Wildman–Crippen LogP) is 0.616. The van der Waals surface area contributed by atoms with E-state index < -0.39 is 48.5 Å². The van der Waals surface area contributed by atoms with Gasteiger partial charge in [0.05, 0.1) is 17.4 Å². The molecule has 2 aromatic heterocycles. The van der Waals surface area contributed by atoms with Gasteiger partial charge in [0, 0.05) is 18.8 Å². The van der Waals surface area contributed by atoms with E-state index in [1.54, 1.807) is 36.7 Å². The first kappa shape index (κ1) is 25.2. The normalized spacial score (nSPS) is 12.5. The van der Waals surface area contributed by atoms with Gasteiger partial charge in [-0.3, -0.25) is 14.8 Å². The van der Waals surface area contributed by atoms with Crippen molar-refractivity contribution in [3.8, 4) is 0 Å². The first-order chi connectivity index (χ1) is 15.8. The molecule has 0 aliphatic rings. The highest BCUT2D eigenvalue weighted by atomic mass is 16.4. The average molecular weight is 459 g/mol. The SMILES string of the molecule is O=C(O)CC[C@H](NC(=O)NC(CCNC(c1ccccn1)c1ccccn1)C(=O)O)C(=O)O. The number of rotatable bonds is 13. The van der Waals surface area contributed by atoms with Crippen molar-refractivity contribution in [3.05, 3.63) is 60.2 Å². The lowest BCUT2D eigenvalue weighted by Crippen LogP contribution is -2.51. The van der Waals surface area contributed by atoms with E-state index in [9.17, 15) is 24.3 Å². The number of carbonyl (C=O) groups excluding carboxylic acids is 1. The molecule has 2 atom stereocenters. The number of nitrogens with one attached hydrogen (secondary N) is 3. The van der Waals surface area contributed by atoms with E-state index in [4.69, 9.17) is 10.2 Å². The lowest BCUT2D eigenvalue weighted by atomic mass is 10.1. The number of aromatic nitrogens is 2. The molecule has 0 aromatic carbocycles. The van der Waals surface area contributed by atoms with Gasteiger partial charge >= 0.3 is 23.9 Å². The van der Waals surface area contributed by atoms with Crippen molar-refractivity contribution in [2.75, 3.05) is 6.54 Å². The Bertz CT molecular complexity index is 903. The fourth-order valence-corrected chi connectivity index (χ4v) is 2.97. The second-order valence-corrected chi connectivity index (χ2v) is 7.02. The Kier molecular flexibility index (Phi) is 9.71. The lowest BCUT2D eigenvalue weighted by Gasteiger charge is -2.21. The first-order valence-electron chi connectivity index (χ1n) is 10.1. The van der Waals surface area contributed by atoms with Crippen LogP contribution in [-0.2, 0) is 14.4 Å². The van der Waals surface area contributed by atoms with Crippen molar-refractivity contribution in [1.29, 1.82) is 0 Å². The summed E-state index contributed by atoms with van der Waals surface area (Å²) in [6.45, 7) is 0.163. The molecule has 1 unspecified atom stereocenters. The van der Waals surface area contributed by atoms with Crippen LogP contribution in [0.2, 0.25) is 0 Å². The van der Waals surface area contributed by atoms with Crippen LogP contribution < -0.4 is 16.0 Å². The van der Waals surface area contributed by atoms with Crippen LogP contribution in [0.4, 0.5) is 4.79 Å². The highest BCUT2D eigenvalue weighted by molar-refractivity contribution is 5.86. The van der Waals surface area contributed by atoms with Gasteiger partial charge in [0.15, 0.2) is 0 Å². The van der Waals surface area contributed by atoms with Crippen molar-refractivity contribution >= 4 is 23.9 Å². The highest BCUT2D eigenvalue weighted by Gasteiger charge is 2.25. The van der Waals surface area contributed by atoms with Crippen molar-refractivity contribution < 1.29 is 34.5 Å². The van der Waals surface area contributed by atoms with Gasteiger partial charge < -0.3 is 31.3 Å². The molecular weight excluding hydrogens is 434 g/mol. The van der Waals surface area contributed by atoms with Crippen LogP contribution in [0, 0.1) is 0 Å². The van der Waals surface area contributed by atoms with Crippen LogP contribution in [0.25, 0.3) is 0 Å². The molecule has 0 radical (unpaired) electrons. The van der Waals surface area contributed by atoms with Gasteiger partial charge in [-0.05, 0) is 43.7 Å². The van der Waals surface area contributed by atoms with Gasteiger partial charge in [-0.15, -0.1) is 0 Å². The van der Waals surface area contributed by atoms with Crippen LogP contribution in [0.5, 0.6) is 0 Å². The maximum Gasteiger partial charge on any atom is 0.326 e. The lowest BCUT2D eigenvalue weighted by molar-refractivity contribution is -0.140. The molecule has 0 saturated carbocycles. The predicted molar refractivity (Wildman–Crippen MR) is 114 cm³/mol. The standard InChI is InChI=1S/C21H25N5O7/c27-17(28)8-7-15(19(29)30)25-21(33)26-16(20(31)32)9-12-24-18(13-5-1-3-10-22-13)14-6-2-4-11-23-14/h1-6,10-11,15-16,18,24H,7-9,12H2,(H,27,28)(H,29,30)(H,31,32)(H2,25,26,33)/t15-,16?/m0/s1. The quantitative estimate of drug-likeness (QED) is 0.247. The Balaban J connectivity index is 1.98. The van der Waals surface area contributed by atoms with E-state index in [2.05, 4.69) is 25.9 Å². The van der Waals surface area contributed by atoms with Gasteiger partial charge in [0.1, 0.15) is 12.1 Å². The number of urea groups is 1. The van der Waals surface area contributed by atoms with E-state index in [-0.39, 0.29) is 19.4 Å². The Labute approximate surface area is 189 Å². The smallest absolute Gasteiger partial charge is 0.326 e. The minimum Gasteiger partial charge on any atom is -0.481 e. The summed E-state index contributed by atoms with van der Waals surface area (Å²) in [6, 6.07) is 6.54. The first-order valence-corrected chi connectivity index (χ1v) is 10.1. The Morgan fingerprint density at radius 1 is 0.788 bits per heavy atom. The summed E-state index contributed by atoms with van der Waals surface area (Å²) in [5.74, 6) is -3.95. The summed E-state index contributed by atoms with van der Waals surface area (Å²) in [5.41, 5.74) is 1.35. The molecular formula is C21H25N5O7. The van der Waals surface area contributed by atoms with Crippen LogP contribution in [0.1, 0.15) is 36.7 Å². The molecule has 0 saturated heterocycles. The second kappa shape index (κ2) is 12.7. The average Bonchev–Trinajstić information content (AvgIpc) is 2.79. The van der Waals surface area contributed by atoms with Crippen molar-refractivity contribution in [1.82, 2.24) is 25.9 Å². The Morgan fingerprint density at radius 3 is 1.73 bits per heavy atom.